The first-order valence-electron chi connectivity index (χ1n) is 11.7. The summed E-state index contributed by atoms with van der Waals surface area (Å²) in [6.07, 6.45) is 5.29. The number of carbonyl (C=O) groups excluding carboxylic acids is 1. The van der Waals surface area contributed by atoms with E-state index in [9.17, 15) is 19.8 Å². The lowest BCUT2D eigenvalue weighted by molar-refractivity contribution is -0.112. The first-order valence-corrected chi connectivity index (χ1v) is 11.7. The van der Waals surface area contributed by atoms with Gasteiger partial charge in [-0.2, -0.15) is 0 Å². The van der Waals surface area contributed by atoms with Crippen LogP contribution in [0.5, 0.6) is 5.75 Å². The van der Waals surface area contributed by atoms with E-state index in [1.54, 1.807) is 47.6 Å². The van der Waals surface area contributed by atoms with Crippen LogP contribution < -0.4 is 10.2 Å². The Kier molecular flexibility index (Phi) is 6.31. The van der Waals surface area contributed by atoms with Crippen LogP contribution >= 0.6 is 0 Å². The number of para-hydroxylation sites is 2. The maximum absolute atomic E-state index is 13.4. The van der Waals surface area contributed by atoms with Gasteiger partial charge in [-0.15, -0.1) is 0 Å². The number of hydrogen-bond acceptors (Lipinski definition) is 4. The number of hydrogen-bond donors (Lipinski definition) is 3. The van der Waals surface area contributed by atoms with E-state index < -0.39 is 5.97 Å². The van der Waals surface area contributed by atoms with Gasteiger partial charge in [-0.3, -0.25) is 9.69 Å². The summed E-state index contributed by atoms with van der Waals surface area (Å²) >= 11 is 0. The number of rotatable bonds is 6. The standard InChI is InChI=1S/C31H24N2O4/c1-20-8-2-3-9-21(20)16-17-33-28-15-5-4-12-25(28)26(30(33)35)19-32-27-14-7-13-24(29(27)34)22-10-6-11-23(18-22)31(36)37/h2-19,32,34H,1H3,(H,36,37)/b17-16+,26-19-. The van der Waals surface area contributed by atoms with Crippen molar-refractivity contribution in [3.8, 4) is 16.9 Å². The SMILES string of the molecule is Cc1ccccc1/C=C/N1C(=O)/C(=C\Nc2cccc(-c3cccc(C(=O)O)c3)c2O)c2ccccc21. The van der Waals surface area contributed by atoms with Crippen LogP contribution in [0.3, 0.4) is 0 Å². The molecular formula is C31H24N2O4. The number of carboxylic acid groups (broad SMARTS) is 1. The number of benzene rings is 4. The van der Waals surface area contributed by atoms with E-state index in [1.807, 2.05) is 61.5 Å². The molecule has 4 aromatic carbocycles. The highest BCUT2D eigenvalue weighted by atomic mass is 16.4. The molecule has 1 aliphatic heterocycles. The summed E-state index contributed by atoms with van der Waals surface area (Å²) in [5.74, 6) is -1.28. The highest BCUT2D eigenvalue weighted by Crippen LogP contribution is 2.39. The van der Waals surface area contributed by atoms with E-state index in [0.29, 0.717) is 22.4 Å². The summed E-state index contributed by atoms with van der Waals surface area (Å²) < 4.78 is 0. The maximum atomic E-state index is 13.4. The number of fused-ring (bicyclic) bond motifs is 1. The molecule has 6 nitrogen and oxygen atoms in total. The maximum Gasteiger partial charge on any atom is 0.335 e. The van der Waals surface area contributed by atoms with Crippen molar-refractivity contribution in [3.05, 3.63) is 126 Å². The molecule has 0 unspecified atom stereocenters. The summed E-state index contributed by atoms with van der Waals surface area (Å²) in [4.78, 5) is 26.4. The van der Waals surface area contributed by atoms with Crippen molar-refractivity contribution < 1.29 is 19.8 Å². The van der Waals surface area contributed by atoms with Crippen LogP contribution in [0.25, 0.3) is 22.8 Å². The first-order chi connectivity index (χ1) is 17.9. The second kappa shape index (κ2) is 9.87. The molecule has 0 saturated heterocycles. The van der Waals surface area contributed by atoms with Crippen LogP contribution in [0.2, 0.25) is 0 Å². The average molecular weight is 489 g/mol. The van der Waals surface area contributed by atoms with Gasteiger partial charge in [-0.05, 0) is 54.0 Å². The molecule has 0 saturated carbocycles. The predicted octanol–water partition coefficient (Wildman–Crippen LogP) is 6.54. The molecule has 37 heavy (non-hydrogen) atoms. The quantitative estimate of drug-likeness (QED) is 0.212. The Balaban J connectivity index is 1.46. The molecule has 0 aromatic heterocycles. The Bertz CT molecular complexity index is 1590. The molecule has 0 spiro atoms. The second-order valence-electron chi connectivity index (χ2n) is 8.65. The number of amides is 1. The first kappa shape index (κ1) is 23.6. The number of carboxylic acids is 1. The molecule has 0 aliphatic carbocycles. The van der Waals surface area contributed by atoms with Crippen molar-refractivity contribution in [2.24, 2.45) is 0 Å². The lowest BCUT2D eigenvalue weighted by Crippen LogP contribution is -2.19. The molecule has 0 bridgehead atoms. The van der Waals surface area contributed by atoms with Gasteiger partial charge in [0.25, 0.3) is 5.91 Å². The van der Waals surface area contributed by atoms with E-state index in [2.05, 4.69) is 5.32 Å². The van der Waals surface area contributed by atoms with Gasteiger partial charge in [0.2, 0.25) is 0 Å². The zero-order valence-electron chi connectivity index (χ0n) is 20.1. The third-order valence-corrected chi connectivity index (χ3v) is 6.32. The molecule has 1 amide bonds. The van der Waals surface area contributed by atoms with E-state index in [0.717, 1.165) is 22.4 Å². The average Bonchev–Trinajstić information content (AvgIpc) is 3.18. The molecule has 1 aliphatic rings. The number of aromatic hydroxyl groups is 1. The molecule has 0 fully saturated rings. The molecule has 3 N–H and O–H groups in total. The topological polar surface area (TPSA) is 89.9 Å². The Morgan fingerprint density at radius 2 is 1.62 bits per heavy atom. The van der Waals surface area contributed by atoms with Crippen LogP contribution in [-0.2, 0) is 4.79 Å². The van der Waals surface area contributed by atoms with E-state index in [1.165, 1.54) is 12.1 Å². The fourth-order valence-electron chi connectivity index (χ4n) is 4.34. The zero-order chi connectivity index (χ0) is 25.9. The summed E-state index contributed by atoms with van der Waals surface area (Å²) in [7, 11) is 0. The second-order valence-corrected chi connectivity index (χ2v) is 8.65. The van der Waals surface area contributed by atoms with Crippen molar-refractivity contribution in [2.45, 2.75) is 6.92 Å². The van der Waals surface area contributed by atoms with Gasteiger partial charge >= 0.3 is 5.97 Å². The molecular weight excluding hydrogens is 464 g/mol. The van der Waals surface area contributed by atoms with Gasteiger partial charge in [-0.25, -0.2) is 4.79 Å². The highest BCUT2D eigenvalue weighted by Gasteiger charge is 2.30. The Morgan fingerprint density at radius 3 is 2.43 bits per heavy atom. The Morgan fingerprint density at radius 1 is 0.892 bits per heavy atom. The monoisotopic (exact) mass is 488 g/mol. The van der Waals surface area contributed by atoms with Gasteiger partial charge in [0.1, 0.15) is 5.75 Å². The number of anilines is 2. The Hall–Kier alpha value is -5.10. The van der Waals surface area contributed by atoms with Gasteiger partial charge in [0, 0.05) is 23.5 Å². The molecule has 0 radical (unpaired) electrons. The third kappa shape index (κ3) is 4.60. The van der Waals surface area contributed by atoms with Crippen molar-refractivity contribution in [1.82, 2.24) is 0 Å². The number of nitrogens with zero attached hydrogens (tertiary/aromatic N) is 1. The lowest BCUT2D eigenvalue weighted by atomic mass is 10.0. The molecule has 1 heterocycles. The fourth-order valence-corrected chi connectivity index (χ4v) is 4.34. The number of aryl methyl sites for hydroxylation is 1. The van der Waals surface area contributed by atoms with Crippen molar-refractivity contribution in [3.63, 3.8) is 0 Å². The molecule has 6 heteroatoms. The van der Waals surface area contributed by atoms with Crippen molar-refractivity contribution >= 4 is 34.9 Å². The third-order valence-electron chi connectivity index (χ3n) is 6.32. The van der Waals surface area contributed by atoms with Crippen molar-refractivity contribution in [2.75, 3.05) is 10.2 Å². The normalized spacial score (nSPS) is 13.8. The van der Waals surface area contributed by atoms with Gasteiger partial charge in [0.05, 0.1) is 22.5 Å². The molecule has 4 aromatic rings. The van der Waals surface area contributed by atoms with E-state index in [-0.39, 0.29) is 17.2 Å². The molecule has 0 atom stereocenters. The highest BCUT2D eigenvalue weighted by molar-refractivity contribution is 6.33. The molecule has 182 valence electrons. The van der Waals surface area contributed by atoms with Crippen LogP contribution in [0.1, 0.15) is 27.0 Å². The fraction of sp³-hybridized carbons (Fsp3) is 0.0323. The van der Waals surface area contributed by atoms with Crippen LogP contribution in [0.15, 0.2) is 103 Å². The number of phenolic OH excluding ortho intramolecular Hbond substituents is 1. The van der Waals surface area contributed by atoms with E-state index >= 15 is 0 Å². The minimum atomic E-state index is -1.04. The van der Waals surface area contributed by atoms with Crippen molar-refractivity contribution in [1.29, 1.82) is 0 Å². The smallest absolute Gasteiger partial charge is 0.335 e. The predicted molar refractivity (Wildman–Crippen MR) is 146 cm³/mol. The van der Waals surface area contributed by atoms with Crippen LogP contribution in [0.4, 0.5) is 11.4 Å². The van der Waals surface area contributed by atoms with Crippen LogP contribution in [0, 0.1) is 6.92 Å². The number of aromatic carboxylic acids is 1. The molecule has 5 rings (SSSR count). The Labute approximate surface area is 214 Å². The summed E-state index contributed by atoms with van der Waals surface area (Å²) in [5, 5.41) is 23.3. The number of phenols is 1. The number of nitrogens with one attached hydrogen (secondary N) is 1. The minimum absolute atomic E-state index is 0.0445. The number of carbonyl (C=O) groups is 2. The van der Waals surface area contributed by atoms with E-state index in [4.69, 9.17) is 0 Å². The van der Waals surface area contributed by atoms with Gasteiger partial charge in [-0.1, -0.05) is 66.7 Å². The summed E-state index contributed by atoms with van der Waals surface area (Å²) in [6, 6.07) is 27.0. The minimum Gasteiger partial charge on any atom is -0.505 e. The summed E-state index contributed by atoms with van der Waals surface area (Å²) in [6.45, 7) is 2.02. The van der Waals surface area contributed by atoms with Gasteiger partial charge in [0.15, 0.2) is 0 Å². The lowest BCUT2D eigenvalue weighted by Gasteiger charge is -2.12. The van der Waals surface area contributed by atoms with Crippen LogP contribution in [-0.4, -0.2) is 22.1 Å². The van der Waals surface area contributed by atoms with Gasteiger partial charge < -0.3 is 15.5 Å². The zero-order valence-corrected chi connectivity index (χ0v) is 20.1. The largest absolute Gasteiger partial charge is 0.505 e. The summed E-state index contributed by atoms with van der Waals surface area (Å²) in [5.41, 5.74) is 5.72.